The van der Waals surface area contributed by atoms with E-state index in [4.69, 9.17) is 10.3 Å². The van der Waals surface area contributed by atoms with Crippen LogP contribution in [-0.2, 0) is 19.6 Å². The van der Waals surface area contributed by atoms with E-state index in [1.54, 1.807) is 0 Å². The molecular weight excluding hydrogens is 222 g/mol. The number of ether oxygens (including phenoxy) is 1. The number of rotatable bonds is 5. The maximum absolute atomic E-state index is 11.0. The molecular formula is C8H15NO5S. The molecule has 0 aliphatic carbocycles. The van der Waals surface area contributed by atoms with Crippen molar-refractivity contribution < 1.29 is 22.5 Å². The molecule has 0 heterocycles. The summed E-state index contributed by atoms with van der Waals surface area (Å²) in [7, 11) is -4.50. The maximum atomic E-state index is 11.0. The molecule has 0 aromatic heterocycles. The van der Waals surface area contributed by atoms with Crippen molar-refractivity contribution in [3.8, 4) is 0 Å². The summed E-state index contributed by atoms with van der Waals surface area (Å²) in [6.45, 7) is 5.91. The summed E-state index contributed by atoms with van der Waals surface area (Å²) in [6.07, 6.45) is -0.364. The van der Waals surface area contributed by atoms with Crippen molar-refractivity contribution in [1.82, 2.24) is 0 Å². The number of esters is 1. The Balaban J connectivity index is 4.98. The molecule has 0 spiro atoms. The van der Waals surface area contributed by atoms with E-state index in [1.807, 2.05) is 0 Å². The third-order valence-electron chi connectivity index (χ3n) is 2.18. The van der Waals surface area contributed by atoms with Crippen molar-refractivity contribution in [2.24, 2.45) is 5.73 Å². The molecule has 0 fully saturated rings. The quantitative estimate of drug-likeness (QED) is 0.397. The Kier molecular flexibility index (Phi) is 4.44. The van der Waals surface area contributed by atoms with Gasteiger partial charge in [0.25, 0.3) is 10.1 Å². The van der Waals surface area contributed by atoms with Crippen LogP contribution in [0.5, 0.6) is 0 Å². The van der Waals surface area contributed by atoms with Crippen molar-refractivity contribution in [2.75, 3.05) is 0 Å². The van der Waals surface area contributed by atoms with Crippen molar-refractivity contribution in [3.63, 3.8) is 0 Å². The van der Waals surface area contributed by atoms with Crippen LogP contribution in [0.4, 0.5) is 0 Å². The largest absolute Gasteiger partial charge is 0.456 e. The molecule has 0 aliphatic rings. The molecule has 6 nitrogen and oxygen atoms in total. The first-order chi connectivity index (χ1) is 6.69. The Bertz CT molecular complexity index is 350. The van der Waals surface area contributed by atoms with Crippen molar-refractivity contribution in [1.29, 1.82) is 0 Å². The molecule has 0 amide bonds. The molecule has 0 rings (SSSR count). The summed E-state index contributed by atoms with van der Waals surface area (Å²) < 4.78 is 35.6. The van der Waals surface area contributed by atoms with E-state index in [0.717, 1.165) is 6.08 Å². The third kappa shape index (κ3) is 3.01. The smallest absolute Gasteiger partial charge is 0.330 e. The third-order valence-corrected chi connectivity index (χ3v) is 3.76. The predicted octanol–water partition coefficient (Wildman–Crippen LogP) is 0.0569. The first-order valence-electron chi connectivity index (χ1n) is 4.28. The first-order valence-corrected chi connectivity index (χ1v) is 5.72. The summed E-state index contributed by atoms with van der Waals surface area (Å²) in [4.78, 5) is 8.85. The first kappa shape index (κ1) is 14.1. The average molecular weight is 237 g/mol. The molecule has 2 unspecified atom stereocenters. The fraction of sp³-hybridized carbons (Fsp3) is 0.625. The van der Waals surface area contributed by atoms with Crippen LogP contribution in [0.2, 0.25) is 0 Å². The topological polar surface area (TPSA) is 107 Å². The Hall–Kier alpha value is -0.920. The molecule has 15 heavy (non-hydrogen) atoms. The van der Waals surface area contributed by atoms with E-state index in [9.17, 15) is 13.2 Å². The van der Waals surface area contributed by atoms with Gasteiger partial charge in [0.2, 0.25) is 0 Å². The van der Waals surface area contributed by atoms with Gasteiger partial charge in [-0.3, -0.25) is 4.55 Å². The van der Waals surface area contributed by atoms with Gasteiger partial charge < -0.3 is 10.5 Å². The second-order valence-electron chi connectivity index (χ2n) is 3.07. The van der Waals surface area contributed by atoms with Crippen LogP contribution in [0.3, 0.4) is 0 Å². The van der Waals surface area contributed by atoms with Gasteiger partial charge in [0, 0.05) is 6.08 Å². The second-order valence-corrected chi connectivity index (χ2v) is 4.78. The van der Waals surface area contributed by atoms with Gasteiger partial charge in [0.1, 0.15) is 6.10 Å². The molecule has 0 saturated carbocycles. The van der Waals surface area contributed by atoms with Gasteiger partial charge in [0.15, 0.2) is 4.87 Å². The van der Waals surface area contributed by atoms with Gasteiger partial charge in [-0.05, 0) is 13.3 Å². The van der Waals surface area contributed by atoms with Crippen LogP contribution in [0, 0.1) is 0 Å². The maximum Gasteiger partial charge on any atom is 0.330 e. The lowest BCUT2D eigenvalue weighted by atomic mass is 10.1. The monoisotopic (exact) mass is 237 g/mol. The lowest BCUT2D eigenvalue weighted by Gasteiger charge is -2.30. The van der Waals surface area contributed by atoms with Crippen LogP contribution in [0.15, 0.2) is 12.7 Å². The normalized spacial score (nSPS) is 17.6. The summed E-state index contributed by atoms with van der Waals surface area (Å²) in [6, 6.07) is 0. The predicted molar refractivity (Wildman–Crippen MR) is 54.5 cm³/mol. The SMILES string of the molecule is C=CC(=O)OC(C)C(N)(CC)S(=O)(=O)O. The lowest BCUT2D eigenvalue weighted by molar-refractivity contribution is -0.143. The van der Waals surface area contributed by atoms with E-state index in [0.29, 0.717) is 0 Å². The average Bonchev–Trinajstić information content (AvgIpc) is 2.14. The highest BCUT2D eigenvalue weighted by atomic mass is 32.2. The zero-order valence-electron chi connectivity index (χ0n) is 8.63. The van der Waals surface area contributed by atoms with Gasteiger partial charge in [-0.25, -0.2) is 4.79 Å². The van der Waals surface area contributed by atoms with E-state index < -0.39 is 27.1 Å². The Morgan fingerprint density at radius 3 is 2.47 bits per heavy atom. The number of carbonyl (C=O) groups excluding carboxylic acids is 1. The Labute approximate surface area is 88.8 Å². The summed E-state index contributed by atoms with van der Waals surface area (Å²) >= 11 is 0. The Morgan fingerprint density at radius 1 is 1.73 bits per heavy atom. The summed E-state index contributed by atoms with van der Waals surface area (Å²) in [5.74, 6) is -0.797. The molecule has 0 aliphatic heterocycles. The number of carbonyl (C=O) groups is 1. The van der Waals surface area contributed by atoms with E-state index in [-0.39, 0.29) is 6.42 Å². The second kappa shape index (κ2) is 4.73. The zero-order valence-corrected chi connectivity index (χ0v) is 9.45. The number of hydrogen-bond donors (Lipinski definition) is 2. The molecule has 0 bridgehead atoms. The molecule has 0 aromatic carbocycles. The summed E-state index contributed by atoms with van der Waals surface area (Å²) in [5, 5.41) is 0. The molecule has 2 atom stereocenters. The fourth-order valence-electron chi connectivity index (χ4n) is 1.00. The van der Waals surface area contributed by atoms with Crippen LogP contribution in [0.25, 0.3) is 0 Å². The van der Waals surface area contributed by atoms with Crippen molar-refractivity contribution >= 4 is 16.1 Å². The van der Waals surface area contributed by atoms with Gasteiger partial charge in [0.05, 0.1) is 0 Å². The molecule has 0 aromatic rings. The minimum Gasteiger partial charge on any atom is -0.456 e. The number of hydrogen-bond acceptors (Lipinski definition) is 5. The highest BCUT2D eigenvalue weighted by Crippen LogP contribution is 2.21. The standard InChI is InChI=1S/C8H15NO5S/c1-4-7(10)14-6(3)8(9,5-2)15(11,12)13/h4,6H,1,5,9H2,2-3H3,(H,11,12,13). The van der Waals surface area contributed by atoms with E-state index in [1.165, 1.54) is 13.8 Å². The van der Waals surface area contributed by atoms with Crippen molar-refractivity contribution in [3.05, 3.63) is 12.7 Å². The molecule has 0 radical (unpaired) electrons. The van der Waals surface area contributed by atoms with Crippen LogP contribution in [-0.4, -0.2) is 29.9 Å². The van der Waals surface area contributed by atoms with E-state index in [2.05, 4.69) is 11.3 Å². The lowest BCUT2D eigenvalue weighted by Crippen LogP contribution is -2.56. The van der Waals surface area contributed by atoms with Crippen LogP contribution in [0.1, 0.15) is 20.3 Å². The van der Waals surface area contributed by atoms with Gasteiger partial charge in [-0.1, -0.05) is 13.5 Å². The molecule has 88 valence electrons. The molecule has 7 heteroatoms. The minimum absolute atomic E-state index is 0.0859. The van der Waals surface area contributed by atoms with Crippen molar-refractivity contribution in [2.45, 2.75) is 31.2 Å². The fourth-order valence-corrected chi connectivity index (χ4v) is 1.83. The van der Waals surface area contributed by atoms with Gasteiger partial charge in [-0.15, -0.1) is 0 Å². The highest BCUT2D eigenvalue weighted by Gasteiger charge is 2.44. The number of nitrogens with two attached hydrogens (primary N) is 1. The van der Waals surface area contributed by atoms with Gasteiger partial charge in [-0.2, -0.15) is 8.42 Å². The zero-order chi connectivity index (χ0) is 12.3. The van der Waals surface area contributed by atoms with Crippen LogP contribution < -0.4 is 5.73 Å². The van der Waals surface area contributed by atoms with E-state index >= 15 is 0 Å². The molecule has 3 N–H and O–H groups in total. The molecule has 0 saturated heterocycles. The highest BCUT2D eigenvalue weighted by molar-refractivity contribution is 7.87. The summed E-state index contributed by atoms with van der Waals surface area (Å²) in [5.41, 5.74) is 5.47. The van der Waals surface area contributed by atoms with Gasteiger partial charge >= 0.3 is 5.97 Å². The van der Waals surface area contributed by atoms with Crippen LogP contribution >= 0.6 is 0 Å². The minimum atomic E-state index is -4.50. The Morgan fingerprint density at radius 2 is 2.20 bits per heavy atom.